The number of hydrogen-bond acceptors (Lipinski definition) is 2. The molecule has 0 unspecified atom stereocenters. The molecule has 0 saturated heterocycles. The lowest BCUT2D eigenvalue weighted by Crippen LogP contribution is -2.10. The van der Waals surface area contributed by atoms with Crippen LogP contribution in [0.15, 0.2) is 40.9 Å². The molecule has 2 rings (SSSR count). The summed E-state index contributed by atoms with van der Waals surface area (Å²) in [5.41, 5.74) is 6.31. The highest BCUT2D eigenvalue weighted by Gasteiger charge is 2.09. The van der Waals surface area contributed by atoms with Gasteiger partial charge in [0.2, 0.25) is 0 Å². The van der Waals surface area contributed by atoms with E-state index < -0.39 is 0 Å². The number of nitrogens with two attached hydrogens (primary N) is 1. The number of thiocarbonyl (C=S) groups is 1. The third kappa shape index (κ3) is 3.83. The molecule has 2 aromatic rings. The molecule has 0 amide bonds. The summed E-state index contributed by atoms with van der Waals surface area (Å²) in [6.07, 6.45) is 0. The minimum Gasteiger partial charge on any atom is -0.456 e. The summed E-state index contributed by atoms with van der Waals surface area (Å²) in [5, 5.41) is 0.990. The molecule has 0 aromatic heterocycles. The standard InChI is InChI=1S/C13H8BrCl2NOS/c14-7-1-2-11(13(17)19)12(3-7)18-10-5-8(15)4-9(16)6-10/h1-6H,(H2,17,19). The fourth-order valence-corrected chi connectivity index (χ4v) is 2.51. The first-order chi connectivity index (χ1) is 8.95. The van der Waals surface area contributed by atoms with Gasteiger partial charge in [-0.2, -0.15) is 0 Å². The highest BCUT2D eigenvalue weighted by atomic mass is 79.9. The van der Waals surface area contributed by atoms with Crippen molar-refractivity contribution in [1.82, 2.24) is 0 Å². The van der Waals surface area contributed by atoms with Gasteiger partial charge < -0.3 is 10.5 Å². The van der Waals surface area contributed by atoms with E-state index in [0.29, 0.717) is 27.1 Å². The molecule has 0 radical (unpaired) electrons. The van der Waals surface area contributed by atoms with E-state index in [1.165, 1.54) is 0 Å². The Balaban J connectivity index is 2.42. The Labute approximate surface area is 134 Å². The minimum atomic E-state index is 0.260. The van der Waals surface area contributed by atoms with Gasteiger partial charge in [-0.05, 0) is 36.4 Å². The van der Waals surface area contributed by atoms with Crippen LogP contribution in [-0.2, 0) is 0 Å². The first kappa shape index (κ1) is 14.6. The van der Waals surface area contributed by atoms with Crippen LogP contribution in [0.4, 0.5) is 0 Å². The third-order valence-corrected chi connectivity index (χ3v) is 3.42. The normalized spacial score (nSPS) is 10.3. The first-order valence-corrected chi connectivity index (χ1v) is 7.15. The van der Waals surface area contributed by atoms with Gasteiger partial charge in [0.15, 0.2) is 0 Å². The number of hydrogen-bond donors (Lipinski definition) is 1. The second-order valence-electron chi connectivity index (χ2n) is 3.71. The second kappa shape index (κ2) is 6.09. The SMILES string of the molecule is NC(=S)c1ccc(Br)cc1Oc1cc(Cl)cc(Cl)c1. The summed E-state index contributed by atoms with van der Waals surface area (Å²) in [6, 6.07) is 10.4. The summed E-state index contributed by atoms with van der Waals surface area (Å²) >= 11 is 20.2. The monoisotopic (exact) mass is 375 g/mol. The number of benzene rings is 2. The van der Waals surface area contributed by atoms with E-state index >= 15 is 0 Å². The Hall–Kier alpha value is -0.810. The van der Waals surface area contributed by atoms with Crippen LogP contribution < -0.4 is 10.5 Å². The van der Waals surface area contributed by atoms with Gasteiger partial charge in [-0.3, -0.25) is 0 Å². The lowest BCUT2D eigenvalue weighted by molar-refractivity contribution is 0.481. The van der Waals surface area contributed by atoms with E-state index in [1.54, 1.807) is 30.3 Å². The predicted molar refractivity (Wildman–Crippen MR) is 86.6 cm³/mol. The fraction of sp³-hybridized carbons (Fsp3) is 0. The zero-order valence-corrected chi connectivity index (χ0v) is 13.4. The van der Waals surface area contributed by atoms with Crippen LogP contribution in [0.2, 0.25) is 10.0 Å². The smallest absolute Gasteiger partial charge is 0.138 e. The molecular formula is C13H8BrCl2NOS. The molecular weight excluding hydrogens is 369 g/mol. The molecule has 0 aliphatic carbocycles. The van der Waals surface area contributed by atoms with Crippen molar-refractivity contribution >= 4 is 56.3 Å². The van der Waals surface area contributed by atoms with E-state index in [1.807, 2.05) is 6.07 Å². The Bertz CT molecular complexity index is 628. The summed E-state index contributed by atoms with van der Waals surface area (Å²) in [4.78, 5) is 0.260. The molecule has 2 nitrogen and oxygen atoms in total. The Morgan fingerprint density at radius 3 is 2.32 bits per heavy atom. The largest absolute Gasteiger partial charge is 0.456 e. The highest BCUT2D eigenvalue weighted by molar-refractivity contribution is 9.10. The Morgan fingerprint density at radius 2 is 1.74 bits per heavy atom. The van der Waals surface area contributed by atoms with Crippen molar-refractivity contribution < 1.29 is 4.74 Å². The van der Waals surface area contributed by atoms with E-state index in [4.69, 9.17) is 45.9 Å². The highest BCUT2D eigenvalue weighted by Crippen LogP contribution is 2.32. The molecule has 0 atom stereocenters. The third-order valence-electron chi connectivity index (χ3n) is 2.27. The van der Waals surface area contributed by atoms with Crippen LogP contribution in [-0.4, -0.2) is 4.99 Å². The predicted octanol–water partition coefficient (Wildman–Crippen LogP) is 5.18. The van der Waals surface area contributed by atoms with Crippen molar-refractivity contribution in [1.29, 1.82) is 0 Å². The lowest BCUT2D eigenvalue weighted by Gasteiger charge is -2.11. The zero-order chi connectivity index (χ0) is 14.0. The molecule has 2 aromatic carbocycles. The number of halogens is 3. The summed E-state index contributed by atoms with van der Waals surface area (Å²) in [5.74, 6) is 1.06. The van der Waals surface area contributed by atoms with Crippen LogP contribution in [0.25, 0.3) is 0 Å². The van der Waals surface area contributed by atoms with Gasteiger partial charge in [0.1, 0.15) is 16.5 Å². The fourth-order valence-electron chi connectivity index (χ4n) is 1.50. The van der Waals surface area contributed by atoms with E-state index in [9.17, 15) is 0 Å². The van der Waals surface area contributed by atoms with Gasteiger partial charge in [0.05, 0.1) is 5.56 Å². The molecule has 98 valence electrons. The maximum absolute atomic E-state index is 5.93. The molecule has 0 saturated carbocycles. The van der Waals surface area contributed by atoms with E-state index in [2.05, 4.69) is 15.9 Å². The summed E-state index contributed by atoms with van der Waals surface area (Å²) in [7, 11) is 0. The van der Waals surface area contributed by atoms with Crippen molar-refractivity contribution in [3.05, 3.63) is 56.5 Å². The van der Waals surface area contributed by atoms with Crippen LogP contribution in [0.3, 0.4) is 0 Å². The topological polar surface area (TPSA) is 35.2 Å². The van der Waals surface area contributed by atoms with Gasteiger partial charge in [0.25, 0.3) is 0 Å². The molecule has 0 aliphatic heterocycles. The Morgan fingerprint density at radius 1 is 1.11 bits per heavy atom. The van der Waals surface area contributed by atoms with Gasteiger partial charge in [-0.15, -0.1) is 0 Å². The van der Waals surface area contributed by atoms with Crippen molar-refractivity contribution in [2.24, 2.45) is 5.73 Å². The quantitative estimate of drug-likeness (QED) is 0.749. The van der Waals surface area contributed by atoms with Crippen LogP contribution in [0, 0.1) is 0 Å². The molecule has 0 aliphatic rings. The molecule has 19 heavy (non-hydrogen) atoms. The lowest BCUT2D eigenvalue weighted by atomic mass is 10.2. The zero-order valence-electron chi connectivity index (χ0n) is 9.49. The van der Waals surface area contributed by atoms with Crippen LogP contribution in [0.1, 0.15) is 5.56 Å². The van der Waals surface area contributed by atoms with Crippen molar-refractivity contribution in [2.45, 2.75) is 0 Å². The van der Waals surface area contributed by atoms with Crippen LogP contribution in [0.5, 0.6) is 11.5 Å². The second-order valence-corrected chi connectivity index (χ2v) is 5.94. The van der Waals surface area contributed by atoms with Crippen molar-refractivity contribution in [3.63, 3.8) is 0 Å². The van der Waals surface area contributed by atoms with Crippen LogP contribution >= 0.6 is 51.3 Å². The Kier molecular flexibility index (Phi) is 4.68. The number of ether oxygens (including phenoxy) is 1. The van der Waals surface area contributed by atoms with E-state index in [-0.39, 0.29) is 4.99 Å². The molecule has 0 spiro atoms. The maximum atomic E-state index is 5.93. The first-order valence-electron chi connectivity index (χ1n) is 5.19. The molecule has 0 heterocycles. The van der Waals surface area contributed by atoms with Gasteiger partial charge in [0, 0.05) is 14.5 Å². The average molecular weight is 377 g/mol. The number of rotatable bonds is 3. The summed E-state index contributed by atoms with van der Waals surface area (Å²) < 4.78 is 6.60. The van der Waals surface area contributed by atoms with Crippen molar-refractivity contribution in [3.8, 4) is 11.5 Å². The minimum absolute atomic E-state index is 0.260. The van der Waals surface area contributed by atoms with Gasteiger partial charge in [-0.1, -0.05) is 51.3 Å². The molecule has 2 N–H and O–H groups in total. The molecule has 0 fully saturated rings. The van der Waals surface area contributed by atoms with Crippen molar-refractivity contribution in [2.75, 3.05) is 0 Å². The van der Waals surface area contributed by atoms with Gasteiger partial charge in [-0.25, -0.2) is 0 Å². The molecule has 0 bridgehead atoms. The maximum Gasteiger partial charge on any atom is 0.138 e. The van der Waals surface area contributed by atoms with Gasteiger partial charge >= 0.3 is 0 Å². The summed E-state index contributed by atoms with van der Waals surface area (Å²) in [6.45, 7) is 0. The average Bonchev–Trinajstić information content (AvgIpc) is 2.26. The van der Waals surface area contributed by atoms with E-state index in [0.717, 1.165) is 4.47 Å². The molecule has 6 heteroatoms.